The minimum absolute atomic E-state index is 0.344. The van der Waals surface area contributed by atoms with Crippen molar-refractivity contribution >= 4 is 0 Å². The molecule has 19 heavy (non-hydrogen) atoms. The Labute approximate surface area is 117 Å². The van der Waals surface area contributed by atoms with Gasteiger partial charge in [0, 0.05) is 19.2 Å². The standard InChI is InChI=1S/C16H28N2O/c1-6-13-9-14(18(5)17-13)11-16(19)8-7-15(3,4)10-12(16)2/h9,12,19H,6-8,10-11H2,1-5H3. The average Bonchev–Trinajstić information content (AvgIpc) is 2.66. The van der Waals surface area contributed by atoms with Crippen LogP contribution in [0.4, 0.5) is 0 Å². The van der Waals surface area contributed by atoms with E-state index in [9.17, 15) is 5.11 Å². The molecule has 0 spiro atoms. The molecule has 1 N–H and O–H groups in total. The Hall–Kier alpha value is -0.830. The summed E-state index contributed by atoms with van der Waals surface area (Å²) >= 11 is 0. The second-order valence-corrected chi connectivity index (χ2v) is 7.15. The van der Waals surface area contributed by atoms with E-state index < -0.39 is 5.60 Å². The van der Waals surface area contributed by atoms with Crippen LogP contribution < -0.4 is 0 Å². The molecule has 2 unspecified atom stereocenters. The summed E-state index contributed by atoms with van der Waals surface area (Å²) in [6.45, 7) is 8.93. The molecule has 3 heteroatoms. The van der Waals surface area contributed by atoms with Gasteiger partial charge in [-0.2, -0.15) is 5.10 Å². The highest BCUT2D eigenvalue weighted by Crippen LogP contribution is 2.45. The van der Waals surface area contributed by atoms with E-state index in [0.717, 1.165) is 43.5 Å². The van der Waals surface area contributed by atoms with E-state index in [1.165, 1.54) is 0 Å². The lowest BCUT2D eigenvalue weighted by Crippen LogP contribution is -2.46. The summed E-state index contributed by atoms with van der Waals surface area (Å²) in [6, 6.07) is 2.14. The normalized spacial score (nSPS) is 30.5. The van der Waals surface area contributed by atoms with Crippen LogP contribution in [0, 0.1) is 11.3 Å². The molecule has 0 saturated heterocycles. The zero-order chi connectivity index (χ0) is 14.3. The molecule has 0 bridgehead atoms. The minimum atomic E-state index is -0.561. The van der Waals surface area contributed by atoms with Crippen LogP contribution in [-0.4, -0.2) is 20.5 Å². The highest BCUT2D eigenvalue weighted by Gasteiger charge is 2.42. The van der Waals surface area contributed by atoms with Gasteiger partial charge < -0.3 is 5.11 Å². The van der Waals surface area contributed by atoms with Gasteiger partial charge in [0.25, 0.3) is 0 Å². The number of hydrogen-bond acceptors (Lipinski definition) is 2. The summed E-state index contributed by atoms with van der Waals surface area (Å²) in [5.74, 6) is 0.344. The molecule has 0 radical (unpaired) electrons. The van der Waals surface area contributed by atoms with Gasteiger partial charge in [-0.1, -0.05) is 27.7 Å². The van der Waals surface area contributed by atoms with Crippen LogP contribution >= 0.6 is 0 Å². The summed E-state index contributed by atoms with van der Waals surface area (Å²) < 4.78 is 1.93. The van der Waals surface area contributed by atoms with Crippen LogP contribution in [0.3, 0.4) is 0 Å². The van der Waals surface area contributed by atoms with Crippen molar-refractivity contribution in [3.8, 4) is 0 Å². The Bertz CT molecular complexity index is 450. The van der Waals surface area contributed by atoms with Gasteiger partial charge in [0.15, 0.2) is 0 Å². The molecule has 1 heterocycles. The summed E-state index contributed by atoms with van der Waals surface area (Å²) in [5, 5.41) is 15.5. The highest BCUT2D eigenvalue weighted by atomic mass is 16.3. The first-order valence-electron chi connectivity index (χ1n) is 7.50. The molecule has 1 fully saturated rings. The Morgan fingerprint density at radius 3 is 2.63 bits per heavy atom. The van der Waals surface area contributed by atoms with Crippen molar-refractivity contribution in [3.05, 3.63) is 17.5 Å². The second kappa shape index (κ2) is 4.93. The van der Waals surface area contributed by atoms with E-state index in [1.54, 1.807) is 0 Å². The molecule has 108 valence electrons. The van der Waals surface area contributed by atoms with Crippen LogP contribution in [0.2, 0.25) is 0 Å². The first kappa shape index (κ1) is 14.6. The Morgan fingerprint density at radius 2 is 2.11 bits per heavy atom. The predicted molar refractivity (Wildman–Crippen MR) is 78.0 cm³/mol. The van der Waals surface area contributed by atoms with E-state index in [2.05, 4.69) is 38.9 Å². The largest absolute Gasteiger partial charge is 0.389 e. The minimum Gasteiger partial charge on any atom is -0.389 e. The van der Waals surface area contributed by atoms with Crippen LogP contribution in [0.25, 0.3) is 0 Å². The number of aliphatic hydroxyl groups is 1. The molecule has 2 atom stereocenters. The molecule has 0 aliphatic heterocycles. The lowest BCUT2D eigenvalue weighted by molar-refractivity contribution is -0.0714. The summed E-state index contributed by atoms with van der Waals surface area (Å²) in [5.41, 5.74) is 2.08. The fourth-order valence-electron chi connectivity index (χ4n) is 3.41. The second-order valence-electron chi connectivity index (χ2n) is 7.15. The van der Waals surface area contributed by atoms with E-state index >= 15 is 0 Å². The molecule has 0 amide bonds. The maximum absolute atomic E-state index is 11.0. The van der Waals surface area contributed by atoms with Gasteiger partial charge in [-0.15, -0.1) is 0 Å². The summed E-state index contributed by atoms with van der Waals surface area (Å²) in [6.07, 6.45) is 4.78. The summed E-state index contributed by atoms with van der Waals surface area (Å²) in [7, 11) is 1.98. The highest BCUT2D eigenvalue weighted by molar-refractivity contribution is 5.14. The quantitative estimate of drug-likeness (QED) is 0.911. The molecule has 1 aliphatic rings. The van der Waals surface area contributed by atoms with E-state index in [4.69, 9.17) is 0 Å². The van der Waals surface area contributed by atoms with Gasteiger partial charge in [-0.05, 0) is 43.1 Å². The molecular weight excluding hydrogens is 236 g/mol. The zero-order valence-electron chi connectivity index (χ0n) is 13.0. The topological polar surface area (TPSA) is 38.0 Å². The smallest absolute Gasteiger partial charge is 0.0728 e. The molecule has 1 saturated carbocycles. The van der Waals surface area contributed by atoms with Gasteiger partial charge in [0.1, 0.15) is 0 Å². The van der Waals surface area contributed by atoms with Gasteiger partial charge in [0.2, 0.25) is 0 Å². The summed E-state index contributed by atoms with van der Waals surface area (Å²) in [4.78, 5) is 0. The number of rotatable bonds is 3. The maximum Gasteiger partial charge on any atom is 0.0728 e. The van der Waals surface area contributed by atoms with Crippen molar-refractivity contribution < 1.29 is 5.11 Å². The van der Waals surface area contributed by atoms with E-state index in [0.29, 0.717) is 11.3 Å². The number of hydrogen-bond donors (Lipinski definition) is 1. The van der Waals surface area contributed by atoms with Crippen molar-refractivity contribution in [2.75, 3.05) is 0 Å². The van der Waals surface area contributed by atoms with Crippen molar-refractivity contribution in [2.45, 2.75) is 65.4 Å². The van der Waals surface area contributed by atoms with Gasteiger partial charge in [-0.3, -0.25) is 4.68 Å². The van der Waals surface area contributed by atoms with E-state index in [-0.39, 0.29) is 0 Å². The number of nitrogens with zero attached hydrogens (tertiary/aromatic N) is 2. The fourth-order valence-corrected chi connectivity index (χ4v) is 3.41. The third-order valence-electron chi connectivity index (χ3n) is 4.89. The number of aromatic nitrogens is 2. The molecule has 2 rings (SSSR count). The van der Waals surface area contributed by atoms with Crippen LogP contribution in [-0.2, 0) is 19.9 Å². The first-order valence-corrected chi connectivity index (χ1v) is 7.50. The van der Waals surface area contributed by atoms with Crippen molar-refractivity contribution in [1.82, 2.24) is 9.78 Å². The zero-order valence-corrected chi connectivity index (χ0v) is 13.0. The van der Waals surface area contributed by atoms with Gasteiger partial charge in [-0.25, -0.2) is 0 Å². The van der Waals surface area contributed by atoms with Crippen LogP contribution in [0.5, 0.6) is 0 Å². The average molecular weight is 264 g/mol. The van der Waals surface area contributed by atoms with Crippen LogP contribution in [0.1, 0.15) is 58.3 Å². The van der Waals surface area contributed by atoms with E-state index in [1.807, 2.05) is 11.7 Å². The third-order valence-corrected chi connectivity index (χ3v) is 4.89. The predicted octanol–water partition coefficient (Wildman–Crippen LogP) is 3.10. The molecule has 3 nitrogen and oxygen atoms in total. The third kappa shape index (κ3) is 3.02. The molecule has 0 aromatic carbocycles. The SMILES string of the molecule is CCc1cc(CC2(O)CCC(C)(C)CC2C)n(C)n1. The Kier molecular flexibility index (Phi) is 3.78. The van der Waals surface area contributed by atoms with Crippen LogP contribution in [0.15, 0.2) is 6.07 Å². The van der Waals surface area contributed by atoms with Crippen molar-refractivity contribution in [1.29, 1.82) is 0 Å². The monoisotopic (exact) mass is 264 g/mol. The lowest BCUT2D eigenvalue weighted by atomic mass is 9.64. The molecule has 1 aromatic heterocycles. The maximum atomic E-state index is 11.0. The number of aryl methyl sites for hydroxylation is 2. The molecule has 1 aromatic rings. The molecular formula is C16H28N2O. The van der Waals surface area contributed by atoms with Crippen molar-refractivity contribution in [2.24, 2.45) is 18.4 Å². The first-order chi connectivity index (χ1) is 8.76. The lowest BCUT2D eigenvalue weighted by Gasteiger charge is -2.45. The molecule has 1 aliphatic carbocycles. The van der Waals surface area contributed by atoms with Crippen molar-refractivity contribution in [3.63, 3.8) is 0 Å². The Balaban J connectivity index is 2.15. The Morgan fingerprint density at radius 1 is 1.42 bits per heavy atom. The fraction of sp³-hybridized carbons (Fsp3) is 0.812. The van der Waals surface area contributed by atoms with Gasteiger partial charge >= 0.3 is 0 Å². The van der Waals surface area contributed by atoms with Gasteiger partial charge in [0.05, 0.1) is 11.3 Å².